The topological polar surface area (TPSA) is 52.8 Å². The van der Waals surface area contributed by atoms with E-state index in [0.29, 0.717) is 11.7 Å². The van der Waals surface area contributed by atoms with Gasteiger partial charge in [-0.3, -0.25) is 0 Å². The Morgan fingerprint density at radius 3 is 2.65 bits per heavy atom. The van der Waals surface area contributed by atoms with Crippen LogP contribution in [0.25, 0.3) is 0 Å². The summed E-state index contributed by atoms with van der Waals surface area (Å²) in [6.07, 6.45) is 5.96. The van der Waals surface area contributed by atoms with Crippen molar-refractivity contribution in [3.05, 3.63) is 35.5 Å². The molecule has 0 spiro atoms. The molecule has 0 aliphatic heterocycles. The molecular weight excluding hydrogens is 345 g/mol. The van der Waals surface area contributed by atoms with Crippen molar-refractivity contribution in [3.63, 3.8) is 0 Å². The zero-order chi connectivity index (χ0) is 18.7. The number of nitrogens with zero attached hydrogens (tertiary/aromatic N) is 4. The van der Waals surface area contributed by atoms with Crippen molar-refractivity contribution in [1.29, 1.82) is 0 Å². The molecular formula is C18H19F3N4O. The zero-order valence-corrected chi connectivity index (χ0v) is 14.3. The maximum atomic E-state index is 12.7. The lowest BCUT2D eigenvalue weighted by atomic mass is 9.82. The first-order chi connectivity index (χ1) is 12.4. The molecule has 1 fully saturated rings. The predicted octanol–water partition coefficient (Wildman–Crippen LogP) is 3.71. The van der Waals surface area contributed by atoms with Gasteiger partial charge in [0, 0.05) is 31.1 Å². The second kappa shape index (κ2) is 7.36. The van der Waals surface area contributed by atoms with E-state index in [0.717, 1.165) is 49.8 Å². The molecule has 2 heterocycles. The summed E-state index contributed by atoms with van der Waals surface area (Å²) in [5, 5.41) is 8.35. The summed E-state index contributed by atoms with van der Waals surface area (Å²) in [7, 11) is 1.83. The van der Waals surface area contributed by atoms with Gasteiger partial charge in [-0.1, -0.05) is 0 Å². The maximum Gasteiger partial charge on any atom is 0.416 e. The van der Waals surface area contributed by atoms with E-state index in [2.05, 4.69) is 21.1 Å². The van der Waals surface area contributed by atoms with Gasteiger partial charge < -0.3 is 9.30 Å². The SMILES string of the molecule is C#C[C@H]1CC[C@H](c2nnc(COc3cc(C(F)(F)F)ccn3)n2C)CC1. The Hall–Kier alpha value is -2.56. The van der Waals surface area contributed by atoms with E-state index in [4.69, 9.17) is 11.2 Å². The molecule has 1 saturated carbocycles. The van der Waals surface area contributed by atoms with Gasteiger partial charge in [0.25, 0.3) is 0 Å². The average Bonchev–Trinajstić information content (AvgIpc) is 3.00. The fourth-order valence-electron chi connectivity index (χ4n) is 3.18. The van der Waals surface area contributed by atoms with Gasteiger partial charge in [-0.15, -0.1) is 22.5 Å². The number of rotatable bonds is 4. The monoisotopic (exact) mass is 364 g/mol. The van der Waals surface area contributed by atoms with E-state index in [9.17, 15) is 13.2 Å². The van der Waals surface area contributed by atoms with Crippen molar-refractivity contribution >= 4 is 0 Å². The lowest BCUT2D eigenvalue weighted by Gasteiger charge is -2.24. The number of aromatic nitrogens is 4. The Labute approximate surface area is 149 Å². The summed E-state index contributed by atoms with van der Waals surface area (Å²) in [4.78, 5) is 3.81. The Morgan fingerprint density at radius 1 is 1.27 bits per heavy atom. The van der Waals surface area contributed by atoms with E-state index in [1.54, 1.807) is 0 Å². The largest absolute Gasteiger partial charge is 0.469 e. The van der Waals surface area contributed by atoms with Crippen LogP contribution >= 0.6 is 0 Å². The molecule has 0 N–H and O–H groups in total. The Bertz CT molecular complexity index is 801. The molecule has 0 radical (unpaired) electrons. The third kappa shape index (κ3) is 3.98. The van der Waals surface area contributed by atoms with Crippen molar-refractivity contribution in [3.8, 4) is 18.2 Å². The molecule has 1 aliphatic rings. The fraction of sp³-hybridized carbons (Fsp3) is 0.500. The average molecular weight is 364 g/mol. The molecule has 3 rings (SSSR count). The van der Waals surface area contributed by atoms with Gasteiger partial charge in [0.15, 0.2) is 5.82 Å². The van der Waals surface area contributed by atoms with Crippen LogP contribution in [-0.4, -0.2) is 19.7 Å². The van der Waals surface area contributed by atoms with Crippen LogP contribution in [0.1, 0.15) is 48.8 Å². The van der Waals surface area contributed by atoms with Crippen LogP contribution in [0.4, 0.5) is 13.2 Å². The molecule has 0 amide bonds. The van der Waals surface area contributed by atoms with Crippen LogP contribution in [0, 0.1) is 18.3 Å². The maximum absolute atomic E-state index is 12.7. The predicted molar refractivity (Wildman–Crippen MR) is 88.1 cm³/mol. The van der Waals surface area contributed by atoms with Gasteiger partial charge in [-0.2, -0.15) is 13.2 Å². The highest BCUT2D eigenvalue weighted by Crippen LogP contribution is 2.34. The lowest BCUT2D eigenvalue weighted by molar-refractivity contribution is -0.137. The summed E-state index contributed by atoms with van der Waals surface area (Å²) in [6, 6.07) is 1.78. The molecule has 1 aliphatic carbocycles. The first kappa shape index (κ1) is 18.2. The third-order valence-corrected chi connectivity index (χ3v) is 4.74. The number of alkyl halides is 3. The number of pyridine rings is 1. The highest BCUT2D eigenvalue weighted by atomic mass is 19.4. The molecule has 0 atom stereocenters. The summed E-state index contributed by atoms with van der Waals surface area (Å²) < 4.78 is 45.4. The molecule has 2 aromatic rings. The van der Waals surface area contributed by atoms with Gasteiger partial charge in [-0.25, -0.2) is 4.98 Å². The zero-order valence-electron chi connectivity index (χ0n) is 14.3. The lowest BCUT2D eigenvalue weighted by Crippen LogP contribution is -2.16. The highest BCUT2D eigenvalue weighted by Gasteiger charge is 2.31. The van der Waals surface area contributed by atoms with Crippen molar-refractivity contribution < 1.29 is 17.9 Å². The summed E-state index contributed by atoms with van der Waals surface area (Å²) in [5.74, 6) is 4.72. The van der Waals surface area contributed by atoms with E-state index < -0.39 is 11.7 Å². The molecule has 8 heteroatoms. The molecule has 0 aromatic carbocycles. The van der Waals surface area contributed by atoms with Crippen LogP contribution in [-0.2, 0) is 19.8 Å². The van der Waals surface area contributed by atoms with Crippen LogP contribution in [0.5, 0.6) is 5.88 Å². The fourth-order valence-corrected chi connectivity index (χ4v) is 3.18. The summed E-state index contributed by atoms with van der Waals surface area (Å²) >= 11 is 0. The minimum Gasteiger partial charge on any atom is -0.469 e. The standard InChI is InChI=1S/C18H19F3N4O/c1-3-12-4-6-13(7-5-12)17-24-23-15(25(17)2)11-26-16-10-14(8-9-22-16)18(19,20)21/h1,8-10,12-13H,4-7,11H2,2H3/t12-,13-. The second-order valence-corrected chi connectivity index (χ2v) is 6.42. The Morgan fingerprint density at radius 2 is 2.00 bits per heavy atom. The van der Waals surface area contributed by atoms with Gasteiger partial charge in [0.1, 0.15) is 12.4 Å². The van der Waals surface area contributed by atoms with Crippen molar-refractivity contribution in [1.82, 2.24) is 19.7 Å². The molecule has 0 unspecified atom stereocenters. The molecule has 0 saturated heterocycles. The first-order valence-electron chi connectivity index (χ1n) is 8.39. The number of hydrogen-bond donors (Lipinski definition) is 0. The molecule has 2 aromatic heterocycles. The van der Waals surface area contributed by atoms with E-state index >= 15 is 0 Å². The second-order valence-electron chi connectivity index (χ2n) is 6.42. The molecule has 138 valence electrons. The van der Waals surface area contributed by atoms with Crippen LogP contribution in [0.3, 0.4) is 0 Å². The van der Waals surface area contributed by atoms with E-state index in [1.807, 2.05) is 11.6 Å². The van der Waals surface area contributed by atoms with Gasteiger partial charge in [0.05, 0.1) is 5.56 Å². The summed E-state index contributed by atoms with van der Waals surface area (Å²) in [6.45, 7) is -0.00247. The normalized spacial score (nSPS) is 20.6. The number of ether oxygens (including phenoxy) is 1. The van der Waals surface area contributed by atoms with Crippen LogP contribution in [0.2, 0.25) is 0 Å². The first-order valence-corrected chi connectivity index (χ1v) is 8.39. The Kier molecular flexibility index (Phi) is 5.16. The highest BCUT2D eigenvalue weighted by molar-refractivity contribution is 5.23. The molecule has 26 heavy (non-hydrogen) atoms. The van der Waals surface area contributed by atoms with Crippen molar-refractivity contribution in [2.45, 2.75) is 44.4 Å². The number of halogens is 3. The van der Waals surface area contributed by atoms with E-state index in [1.165, 1.54) is 0 Å². The quantitative estimate of drug-likeness (QED) is 0.776. The molecule has 5 nitrogen and oxygen atoms in total. The van der Waals surface area contributed by atoms with Gasteiger partial charge in [0.2, 0.25) is 5.88 Å². The third-order valence-electron chi connectivity index (χ3n) is 4.74. The minimum atomic E-state index is -4.43. The van der Waals surface area contributed by atoms with Gasteiger partial charge >= 0.3 is 6.18 Å². The molecule has 0 bridgehead atoms. The number of hydrogen-bond acceptors (Lipinski definition) is 4. The minimum absolute atomic E-state index is 0.00247. The Balaban J connectivity index is 1.65. The smallest absolute Gasteiger partial charge is 0.416 e. The van der Waals surface area contributed by atoms with Crippen LogP contribution in [0.15, 0.2) is 18.3 Å². The van der Waals surface area contributed by atoms with Crippen molar-refractivity contribution in [2.24, 2.45) is 13.0 Å². The van der Waals surface area contributed by atoms with Crippen LogP contribution < -0.4 is 4.74 Å². The summed E-state index contributed by atoms with van der Waals surface area (Å²) in [5.41, 5.74) is -0.800. The van der Waals surface area contributed by atoms with E-state index in [-0.39, 0.29) is 18.4 Å². The van der Waals surface area contributed by atoms with Crippen molar-refractivity contribution in [2.75, 3.05) is 0 Å². The number of terminal acetylenes is 1. The van der Waals surface area contributed by atoms with Gasteiger partial charge in [-0.05, 0) is 31.7 Å².